The van der Waals surface area contributed by atoms with Crippen LogP contribution in [0.25, 0.3) is 11.0 Å². The molecule has 1 aliphatic heterocycles. The Hall–Kier alpha value is -3.45. The molecule has 0 aromatic carbocycles. The molecule has 0 bridgehead atoms. The molecule has 0 radical (unpaired) electrons. The van der Waals surface area contributed by atoms with Crippen molar-refractivity contribution >= 4 is 43.0 Å². The first-order chi connectivity index (χ1) is 20.0. The molecule has 4 heterocycles. The zero-order chi connectivity index (χ0) is 31.7. The maximum Gasteiger partial charge on any atom is 0.407 e. The Morgan fingerprint density at radius 1 is 1.16 bits per heavy atom. The van der Waals surface area contributed by atoms with E-state index in [1.165, 1.54) is 4.90 Å². The summed E-state index contributed by atoms with van der Waals surface area (Å²) in [7, 11) is -2.29. The van der Waals surface area contributed by atoms with Gasteiger partial charge in [0.05, 0.1) is 19.2 Å². The summed E-state index contributed by atoms with van der Waals surface area (Å²) in [6.45, 7) is 24.0. The second-order valence-corrected chi connectivity index (χ2v) is 18.5. The highest BCUT2D eigenvalue weighted by Crippen LogP contribution is 2.40. The molecule has 0 saturated carbocycles. The van der Waals surface area contributed by atoms with Gasteiger partial charge in [-0.2, -0.15) is 4.98 Å². The van der Waals surface area contributed by atoms with Crippen molar-refractivity contribution in [3.63, 3.8) is 0 Å². The van der Waals surface area contributed by atoms with Crippen LogP contribution in [0.4, 0.5) is 22.4 Å². The van der Waals surface area contributed by atoms with Gasteiger partial charge in [0.2, 0.25) is 11.8 Å². The normalized spacial score (nSPS) is 16.6. The molecule has 1 aliphatic rings. The van der Waals surface area contributed by atoms with Gasteiger partial charge in [0.1, 0.15) is 11.3 Å². The van der Waals surface area contributed by atoms with Crippen molar-refractivity contribution < 1.29 is 19.1 Å². The minimum absolute atomic E-state index is 0.0516. The Labute approximate surface area is 255 Å². The van der Waals surface area contributed by atoms with Crippen LogP contribution in [0.15, 0.2) is 18.3 Å². The Kier molecular flexibility index (Phi) is 9.26. The van der Waals surface area contributed by atoms with E-state index in [0.29, 0.717) is 73.9 Å². The van der Waals surface area contributed by atoms with Crippen LogP contribution in [-0.4, -0.2) is 88.0 Å². The summed E-state index contributed by atoms with van der Waals surface area (Å²) >= 11 is 0. The van der Waals surface area contributed by atoms with Crippen molar-refractivity contribution in [2.75, 3.05) is 43.1 Å². The minimum atomic E-state index is -2.29. The summed E-state index contributed by atoms with van der Waals surface area (Å²) < 4.78 is 14.3. The van der Waals surface area contributed by atoms with E-state index in [1.54, 1.807) is 6.20 Å². The van der Waals surface area contributed by atoms with Crippen LogP contribution in [0.5, 0.6) is 5.88 Å². The molecule has 13 heteroatoms. The standard InChI is InChI=1S/C30H48N8O4Si/c1-11-41-17-16-38-24-23(26(35-38)42-43(9,10)30(6,7)8)33-27(34-25(24)32-22-18-20(2)12-13-31-22)36-14-15-37(28(39)40)21(19-36)29(3,4)5/h12-13,18,21H,11,14-17,19H2,1-10H3,(H,39,40)(H,31,32,33,34). The van der Waals surface area contributed by atoms with Crippen LogP contribution in [0.3, 0.4) is 0 Å². The number of aryl methyl sites for hydroxylation is 1. The van der Waals surface area contributed by atoms with Crippen LogP contribution < -0.4 is 14.6 Å². The number of fused-ring (bicyclic) bond motifs is 1. The molecule has 4 rings (SSSR count). The molecule has 3 aromatic rings. The van der Waals surface area contributed by atoms with E-state index in [4.69, 9.17) is 24.2 Å². The fourth-order valence-corrected chi connectivity index (χ4v) is 5.78. The molecule has 12 nitrogen and oxygen atoms in total. The number of amides is 1. The van der Waals surface area contributed by atoms with Gasteiger partial charge in [-0.25, -0.2) is 14.8 Å². The lowest BCUT2D eigenvalue weighted by Crippen LogP contribution is -2.59. The minimum Gasteiger partial charge on any atom is -0.528 e. The summed E-state index contributed by atoms with van der Waals surface area (Å²) in [4.78, 5) is 30.3. The number of piperazine rings is 1. The molecule has 1 atom stereocenters. The molecule has 3 aromatic heterocycles. The van der Waals surface area contributed by atoms with Crippen molar-refractivity contribution in [3.05, 3.63) is 23.9 Å². The van der Waals surface area contributed by atoms with Gasteiger partial charge in [0, 0.05) is 32.4 Å². The number of ether oxygens (including phenoxy) is 1. The predicted octanol–water partition coefficient (Wildman–Crippen LogP) is 5.91. The van der Waals surface area contributed by atoms with Gasteiger partial charge in [-0.3, -0.25) is 4.68 Å². The third-order valence-electron chi connectivity index (χ3n) is 8.42. The summed E-state index contributed by atoms with van der Waals surface area (Å²) in [5.74, 6) is 2.17. The van der Waals surface area contributed by atoms with E-state index >= 15 is 0 Å². The van der Waals surface area contributed by atoms with E-state index < -0.39 is 14.4 Å². The predicted molar refractivity (Wildman–Crippen MR) is 172 cm³/mol. The third kappa shape index (κ3) is 7.20. The van der Waals surface area contributed by atoms with Crippen molar-refractivity contribution in [2.24, 2.45) is 5.41 Å². The van der Waals surface area contributed by atoms with Crippen LogP contribution >= 0.6 is 0 Å². The molecule has 236 valence electrons. The maximum atomic E-state index is 12.1. The highest BCUT2D eigenvalue weighted by Gasteiger charge is 2.41. The van der Waals surface area contributed by atoms with Crippen molar-refractivity contribution in [1.29, 1.82) is 0 Å². The molecule has 43 heavy (non-hydrogen) atoms. The molecule has 0 aliphatic carbocycles. The maximum absolute atomic E-state index is 12.1. The number of hydrogen-bond acceptors (Lipinski definition) is 9. The zero-order valence-corrected chi connectivity index (χ0v) is 28.4. The topological polar surface area (TPSA) is 131 Å². The first-order valence-electron chi connectivity index (χ1n) is 15.0. The SMILES string of the molecule is CCOCCn1nc(O[Si](C)(C)C(C)(C)C)c2nc(N3CCN(C(=O)O)C(C(C)(C)C)C3)nc(Nc3cc(C)ccn3)c21. The monoisotopic (exact) mass is 612 g/mol. The number of rotatable bonds is 9. The van der Waals surface area contributed by atoms with E-state index in [2.05, 4.69) is 69.8 Å². The Balaban J connectivity index is 1.90. The van der Waals surface area contributed by atoms with Gasteiger partial charge in [0.15, 0.2) is 11.3 Å². The van der Waals surface area contributed by atoms with Crippen molar-refractivity contribution in [3.8, 4) is 5.88 Å². The fraction of sp³-hybridized carbons (Fsp3) is 0.633. The van der Waals surface area contributed by atoms with Gasteiger partial charge in [-0.1, -0.05) is 41.5 Å². The Morgan fingerprint density at radius 3 is 2.49 bits per heavy atom. The number of carboxylic acid groups (broad SMARTS) is 1. The number of anilines is 3. The number of pyridine rings is 1. The average Bonchev–Trinajstić information content (AvgIpc) is 3.24. The molecule has 1 fully saturated rings. The molecule has 1 amide bonds. The number of aromatic nitrogens is 5. The van der Waals surface area contributed by atoms with Crippen LogP contribution in [0.1, 0.15) is 54.0 Å². The van der Waals surface area contributed by atoms with Gasteiger partial charge in [0.25, 0.3) is 8.32 Å². The summed E-state index contributed by atoms with van der Waals surface area (Å²) in [5, 5.41) is 18.2. The summed E-state index contributed by atoms with van der Waals surface area (Å²) in [5.41, 5.74) is 2.09. The lowest BCUT2D eigenvalue weighted by atomic mass is 9.84. The van der Waals surface area contributed by atoms with E-state index in [9.17, 15) is 9.90 Å². The van der Waals surface area contributed by atoms with Crippen molar-refractivity contribution in [2.45, 2.75) is 86.1 Å². The first-order valence-corrected chi connectivity index (χ1v) is 17.9. The number of nitrogens with one attached hydrogen (secondary N) is 1. The average molecular weight is 613 g/mol. The fourth-order valence-electron chi connectivity index (χ4n) is 4.85. The smallest absolute Gasteiger partial charge is 0.407 e. The highest BCUT2D eigenvalue weighted by atomic mass is 28.4. The number of hydrogen-bond donors (Lipinski definition) is 2. The van der Waals surface area contributed by atoms with Crippen molar-refractivity contribution in [1.82, 2.24) is 29.6 Å². The molecule has 1 unspecified atom stereocenters. The van der Waals surface area contributed by atoms with Gasteiger partial charge >= 0.3 is 6.09 Å². The third-order valence-corrected chi connectivity index (χ3v) is 12.7. The largest absolute Gasteiger partial charge is 0.528 e. The Bertz CT molecular complexity index is 1450. The molecular weight excluding hydrogens is 564 g/mol. The zero-order valence-electron chi connectivity index (χ0n) is 27.4. The second-order valence-electron chi connectivity index (χ2n) is 13.8. The van der Waals surface area contributed by atoms with Gasteiger partial charge < -0.3 is 29.4 Å². The lowest BCUT2D eigenvalue weighted by molar-refractivity contribution is 0.0745. The van der Waals surface area contributed by atoms with Crippen LogP contribution in [-0.2, 0) is 11.3 Å². The second kappa shape index (κ2) is 12.3. The quantitative estimate of drug-likeness (QED) is 0.222. The molecule has 1 saturated heterocycles. The molecular formula is C30H48N8O4Si. The van der Waals surface area contributed by atoms with Gasteiger partial charge in [-0.15, -0.1) is 5.10 Å². The van der Waals surface area contributed by atoms with E-state index in [-0.39, 0.29) is 16.5 Å². The van der Waals surface area contributed by atoms with Crippen LogP contribution in [0.2, 0.25) is 18.1 Å². The first kappa shape index (κ1) is 32.5. The number of carbonyl (C=O) groups is 1. The van der Waals surface area contributed by atoms with E-state index in [0.717, 1.165) is 5.56 Å². The van der Waals surface area contributed by atoms with Gasteiger partial charge in [-0.05, 0) is 55.1 Å². The van der Waals surface area contributed by atoms with Crippen LogP contribution in [0, 0.1) is 12.3 Å². The number of nitrogens with zero attached hydrogens (tertiary/aromatic N) is 7. The highest BCUT2D eigenvalue weighted by molar-refractivity contribution is 6.74. The molecule has 2 N–H and O–H groups in total. The Morgan fingerprint density at radius 2 is 1.88 bits per heavy atom. The summed E-state index contributed by atoms with van der Waals surface area (Å²) in [6.07, 6.45) is 0.846. The molecule has 0 spiro atoms. The summed E-state index contributed by atoms with van der Waals surface area (Å²) in [6, 6.07) is 3.66. The van der Waals surface area contributed by atoms with E-state index in [1.807, 2.05) is 30.7 Å². The lowest BCUT2D eigenvalue weighted by Gasteiger charge is -2.45.